The number of aryl methyl sites for hydroxylation is 1. The van der Waals surface area contributed by atoms with E-state index in [1.165, 1.54) is 0 Å². The fourth-order valence-electron chi connectivity index (χ4n) is 2.55. The molecule has 0 saturated carbocycles. The number of rotatable bonds is 9. The second-order valence-corrected chi connectivity index (χ2v) is 7.44. The number of methoxy groups -OCH3 is 1. The lowest BCUT2D eigenvalue weighted by atomic mass is 10.1. The van der Waals surface area contributed by atoms with Crippen molar-refractivity contribution in [3.63, 3.8) is 0 Å². The number of benzene rings is 2. The van der Waals surface area contributed by atoms with Crippen LogP contribution in [0.15, 0.2) is 48.5 Å². The molecule has 0 bridgehead atoms. The summed E-state index contributed by atoms with van der Waals surface area (Å²) in [6.45, 7) is 2.45. The van der Waals surface area contributed by atoms with E-state index >= 15 is 0 Å². The summed E-state index contributed by atoms with van der Waals surface area (Å²) < 4.78 is 10.5. The van der Waals surface area contributed by atoms with Gasteiger partial charge in [0.25, 0.3) is 5.91 Å². The minimum Gasteiger partial charge on any atom is -0.497 e. The number of anilines is 1. The Kier molecular flexibility index (Phi) is 7.47. The molecule has 30 heavy (non-hydrogen) atoms. The minimum atomic E-state index is -0.361. The second kappa shape index (κ2) is 10.5. The van der Waals surface area contributed by atoms with E-state index in [1.54, 1.807) is 31.4 Å². The molecule has 0 fully saturated rings. The molecule has 2 N–H and O–H groups in total. The van der Waals surface area contributed by atoms with Crippen molar-refractivity contribution in [1.29, 1.82) is 0 Å². The predicted octanol–water partition coefficient (Wildman–Crippen LogP) is 2.94. The number of carbonyl (C=O) groups excluding carboxylic acids is 2. The van der Waals surface area contributed by atoms with E-state index in [0.29, 0.717) is 23.0 Å². The van der Waals surface area contributed by atoms with E-state index in [2.05, 4.69) is 20.8 Å². The average Bonchev–Trinajstić information content (AvgIpc) is 3.23. The normalized spacial score (nSPS) is 10.5. The third-order valence-corrected chi connectivity index (χ3v) is 5.10. The molecule has 156 valence electrons. The number of amides is 2. The zero-order chi connectivity index (χ0) is 21.3. The first kappa shape index (κ1) is 21.4. The molecule has 3 rings (SSSR count). The summed E-state index contributed by atoms with van der Waals surface area (Å²) in [6.07, 6.45) is 0. The van der Waals surface area contributed by atoms with Crippen LogP contribution in [0.2, 0.25) is 0 Å². The molecular formula is C21H22N4O4S. The summed E-state index contributed by atoms with van der Waals surface area (Å²) in [5.41, 5.74) is 2.80. The maximum absolute atomic E-state index is 12.3. The zero-order valence-corrected chi connectivity index (χ0v) is 17.5. The van der Waals surface area contributed by atoms with Gasteiger partial charge in [0.05, 0.1) is 7.11 Å². The van der Waals surface area contributed by atoms with Crippen LogP contribution >= 0.6 is 11.3 Å². The monoisotopic (exact) mass is 426 g/mol. The van der Waals surface area contributed by atoms with Crippen LogP contribution < -0.4 is 15.4 Å². The van der Waals surface area contributed by atoms with Crippen molar-refractivity contribution >= 4 is 28.8 Å². The molecule has 0 saturated heterocycles. The minimum absolute atomic E-state index is 0.0984. The summed E-state index contributed by atoms with van der Waals surface area (Å²) in [6, 6.07) is 14.8. The topological polar surface area (TPSA) is 102 Å². The molecule has 8 nitrogen and oxygen atoms in total. The third kappa shape index (κ3) is 6.10. The molecule has 1 heterocycles. The highest BCUT2D eigenvalue weighted by molar-refractivity contribution is 7.13. The standard InChI is InChI=1S/C21H22N4O4S/c1-14-5-3-4-6-15(14)11-22-18(26)12-29-13-19-24-25-21(30-19)20(27)23-16-7-9-17(28-2)10-8-16/h3-10H,11-13H2,1-2H3,(H,22,26)(H,23,27). The Morgan fingerprint density at radius 2 is 1.83 bits per heavy atom. The van der Waals surface area contributed by atoms with Crippen molar-refractivity contribution in [2.24, 2.45) is 0 Å². The van der Waals surface area contributed by atoms with E-state index in [1.807, 2.05) is 31.2 Å². The molecule has 0 unspecified atom stereocenters. The van der Waals surface area contributed by atoms with Gasteiger partial charge in [-0.1, -0.05) is 35.6 Å². The number of ether oxygens (including phenoxy) is 2. The largest absolute Gasteiger partial charge is 0.497 e. The highest BCUT2D eigenvalue weighted by atomic mass is 32.1. The number of carbonyl (C=O) groups is 2. The highest BCUT2D eigenvalue weighted by Crippen LogP contribution is 2.17. The molecule has 1 aromatic heterocycles. The lowest BCUT2D eigenvalue weighted by molar-refractivity contribution is -0.126. The summed E-state index contributed by atoms with van der Waals surface area (Å²) in [4.78, 5) is 24.2. The van der Waals surface area contributed by atoms with Gasteiger partial charge in [0.2, 0.25) is 10.9 Å². The van der Waals surface area contributed by atoms with Crippen molar-refractivity contribution in [2.75, 3.05) is 19.0 Å². The smallest absolute Gasteiger partial charge is 0.286 e. The lowest BCUT2D eigenvalue weighted by Gasteiger charge is -2.07. The predicted molar refractivity (Wildman–Crippen MR) is 114 cm³/mol. The van der Waals surface area contributed by atoms with Gasteiger partial charge < -0.3 is 20.1 Å². The molecular weight excluding hydrogens is 404 g/mol. The van der Waals surface area contributed by atoms with Crippen LogP contribution in [0.25, 0.3) is 0 Å². The molecule has 0 aliphatic rings. The first-order chi connectivity index (χ1) is 14.5. The first-order valence-electron chi connectivity index (χ1n) is 9.22. The maximum atomic E-state index is 12.3. The Hall–Kier alpha value is -3.30. The molecule has 0 aliphatic heterocycles. The van der Waals surface area contributed by atoms with Crippen LogP contribution in [0.1, 0.15) is 25.9 Å². The van der Waals surface area contributed by atoms with E-state index in [-0.39, 0.29) is 30.0 Å². The first-order valence-corrected chi connectivity index (χ1v) is 10.0. The number of hydrogen-bond acceptors (Lipinski definition) is 7. The Morgan fingerprint density at radius 1 is 1.07 bits per heavy atom. The molecule has 2 amide bonds. The van der Waals surface area contributed by atoms with Crippen LogP contribution in [0.4, 0.5) is 5.69 Å². The fraction of sp³-hybridized carbons (Fsp3) is 0.238. The van der Waals surface area contributed by atoms with Gasteiger partial charge in [0.15, 0.2) is 0 Å². The van der Waals surface area contributed by atoms with Crippen LogP contribution in [0.5, 0.6) is 5.75 Å². The zero-order valence-electron chi connectivity index (χ0n) is 16.7. The highest BCUT2D eigenvalue weighted by Gasteiger charge is 2.14. The fourth-order valence-corrected chi connectivity index (χ4v) is 3.22. The van der Waals surface area contributed by atoms with E-state index < -0.39 is 0 Å². The number of aromatic nitrogens is 2. The van der Waals surface area contributed by atoms with Gasteiger partial charge in [-0.3, -0.25) is 9.59 Å². The molecule has 0 radical (unpaired) electrons. The van der Waals surface area contributed by atoms with Gasteiger partial charge in [-0.05, 0) is 42.3 Å². The van der Waals surface area contributed by atoms with Crippen LogP contribution in [0.3, 0.4) is 0 Å². The SMILES string of the molecule is COc1ccc(NC(=O)c2nnc(COCC(=O)NCc3ccccc3C)s2)cc1. The van der Waals surface area contributed by atoms with Gasteiger partial charge >= 0.3 is 0 Å². The molecule has 0 spiro atoms. The van der Waals surface area contributed by atoms with Crippen molar-refractivity contribution in [2.45, 2.75) is 20.1 Å². The van der Waals surface area contributed by atoms with Crippen molar-refractivity contribution in [3.05, 3.63) is 69.7 Å². The number of hydrogen-bond donors (Lipinski definition) is 2. The van der Waals surface area contributed by atoms with Crippen molar-refractivity contribution < 1.29 is 19.1 Å². The summed E-state index contributed by atoms with van der Waals surface area (Å²) in [5.74, 6) is 0.117. The Bertz CT molecular complexity index is 1000. The second-order valence-electron chi connectivity index (χ2n) is 6.38. The van der Waals surface area contributed by atoms with Gasteiger partial charge in [-0.2, -0.15) is 0 Å². The number of nitrogens with one attached hydrogen (secondary N) is 2. The molecule has 0 atom stereocenters. The van der Waals surface area contributed by atoms with Crippen LogP contribution in [0, 0.1) is 6.92 Å². The molecule has 0 aliphatic carbocycles. The van der Waals surface area contributed by atoms with E-state index in [4.69, 9.17) is 9.47 Å². The third-order valence-electron chi connectivity index (χ3n) is 4.20. The summed E-state index contributed by atoms with van der Waals surface area (Å²) in [5, 5.41) is 14.1. The van der Waals surface area contributed by atoms with Gasteiger partial charge in [0.1, 0.15) is 24.0 Å². The van der Waals surface area contributed by atoms with E-state index in [0.717, 1.165) is 22.5 Å². The lowest BCUT2D eigenvalue weighted by Crippen LogP contribution is -2.27. The van der Waals surface area contributed by atoms with Crippen LogP contribution in [-0.4, -0.2) is 35.7 Å². The molecule has 2 aromatic carbocycles. The Labute approximate surface area is 178 Å². The number of nitrogens with zero attached hydrogens (tertiary/aromatic N) is 2. The quantitative estimate of drug-likeness (QED) is 0.545. The van der Waals surface area contributed by atoms with Crippen molar-refractivity contribution in [3.8, 4) is 5.75 Å². The Balaban J connectivity index is 1.42. The van der Waals surface area contributed by atoms with E-state index in [9.17, 15) is 9.59 Å². The van der Waals surface area contributed by atoms with Gasteiger partial charge in [-0.15, -0.1) is 10.2 Å². The Morgan fingerprint density at radius 3 is 2.57 bits per heavy atom. The summed E-state index contributed by atoms with van der Waals surface area (Å²) >= 11 is 1.12. The molecule has 9 heteroatoms. The molecule has 3 aromatic rings. The maximum Gasteiger partial charge on any atom is 0.286 e. The van der Waals surface area contributed by atoms with Crippen molar-refractivity contribution in [1.82, 2.24) is 15.5 Å². The average molecular weight is 426 g/mol. The summed E-state index contributed by atoms with van der Waals surface area (Å²) in [7, 11) is 1.58. The van der Waals surface area contributed by atoms with Gasteiger partial charge in [0, 0.05) is 12.2 Å². The van der Waals surface area contributed by atoms with Gasteiger partial charge in [-0.25, -0.2) is 0 Å². The van der Waals surface area contributed by atoms with Crippen LogP contribution in [-0.2, 0) is 22.7 Å².